The van der Waals surface area contributed by atoms with Crippen LogP contribution in [0.4, 0.5) is 10.1 Å². The molecule has 0 aliphatic rings. The van der Waals surface area contributed by atoms with Crippen molar-refractivity contribution in [1.29, 1.82) is 0 Å². The smallest absolute Gasteiger partial charge is 0.248 e. The molecule has 0 unspecified atom stereocenters. The van der Waals surface area contributed by atoms with Crippen LogP contribution >= 0.6 is 0 Å². The van der Waals surface area contributed by atoms with Gasteiger partial charge in [0.25, 0.3) is 0 Å². The molecule has 3 aromatic rings. The highest BCUT2D eigenvalue weighted by atomic mass is 19.1. The van der Waals surface area contributed by atoms with E-state index in [1.54, 1.807) is 33.8 Å². The molecule has 134 valence electrons. The number of rotatable bonds is 5. The summed E-state index contributed by atoms with van der Waals surface area (Å²) in [5, 5.41) is 11.4. The van der Waals surface area contributed by atoms with E-state index in [9.17, 15) is 9.18 Å². The summed E-state index contributed by atoms with van der Waals surface area (Å²) in [6.07, 6.45) is 6.67. The predicted molar refractivity (Wildman–Crippen MR) is 98.1 cm³/mol. The van der Waals surface area contributed by atoms with Gasteiger partial charge in [-0.05, 0) is 37.6 Å². The Kier molecular flexibility index (Phi) is 4.97. The van der Waals surface area contributed by atoms with Gasteiger partial charge < -0.3 is 5.32 Å². The van der Waals surface area contributed by atoms with E-state index in [0.29, 0.717) is 12.2 Å². The second-order valence-corrected chi connectivity index (χ2v) is 6.10. The quantitative estimate of drug-likeness (QED) is 0.717. The minimum atomic E-state index is -0.268. The predicted octanol–water partition coefficient (Wildman–Crippen LogP) is 3.07. The Morgan fingerprint density at radius 1 is 1.27 bits per heavy atom. The van der Waals surface area contributed by atoms with Gasteiger partial charge in [0.15, 0.2) is 0 Å². The number of carbonyl (C=O) groups is 1. The molecule has 2 heterocycles. The third-order valence-electron chi connectivity index (χ3n) is 4.03. The minimum Gasteiger partial charge on any atom is -0.319 e. The number of benzene rings is 1. The van der Waals surface area contributed by atoms with Crippen LogP contribution in [-0.2, 0) is 18.4 Å². The van der Waals surface area contributed by atoms with E-state index in [-0.39, 0.29) is 11.7 Å². The zero-order valence-electron chi connectivity index (χ0n) is 14.9. The number of hydrogen-bond acceptors (Lipinski definition) is 3. The number of aryl methyl sites for hydroxylation is 2. The topological polar surface area (TPSA) is 64.7 Å². The Morgan fingerprint density at radius 2 is 2.00 bits per heavy atom. The Bertz CT molecular complexity index is 953. The van der Waals surface area contributed by atoms with Crippen LogP contribution in [0, 0.1) is 19.7 Å². The van der Waals surface area contributed by atoms with Crippen molar-refractivity contribution >= 4 is 17.7 Å². The van der Waals surface area contributed by atoms with E-state index in [0.717, 1.165) is 22.5 Å². The third-order valence-corrected chi connectivity index (χ3v) is 4.03. The van der Waals surface area contributed by atoms with Crippen LogP contribution in [0.25, 0.3) is 6.08 Å². The van der Waals surface area contributed by atoms with Gasteiger partial charge in [-0.2, -0.15) is 10.2 Å². The molecule has 1 amide bonds. The summed E-state index contributed by atoms with van der Waals surface area (Å²) in [6, 6.07) is 6.29. The van der Waals surface area contributed by atoms with Crippen LogP contribution in [0.3, 0.4) is 0 Å². The lowest BCUT2D eigenvalue weighted by atomic mass is 10.2. The van der Waals surface area contributed by atoms with Gasteiger partial charge in [-0.15, -0.1) is 0 Å². The molecule has 0 atom stereocenters. The number of nitrogens with one attached hydrogen (secondary N) is 1. The standard InChI is InChI=1S/C19H20FN5O/c1-13-19(22-18(26)9-6-16-10-21-24(3)11-16)14(2)25(23-13)12-15-4-7-17(20)8-5-15/h4-11H,12H2,1-3H3,(H,22,26)/b9-6-. The van der Waals surface area contributed by atoms with Crippen molar-refractivity contribution in [2.24, 2.45) is 7.05 Å². The van der Waals surface area contributed by atoms with Crippen LogP contribution < -0.4 is 5.32 Å². The number of aromatic nitrogens is 4. The normalized spacial score (nSPS) is 11.2. The monoisotopic (exact) mass is 353 g/mol. The number of amides is 1. The second kappa shape index (κ2) is 7.35. The first-order valence-corrected chi connectivity index (χ1v) is 8.18. The maximum Gasteiger partial charge on any atom is 0.248 e. The number of halogens is 1. The lowest BCUT2D eigenvalue weighted by Crippen LogP contribution is -2.10. The SMILES string of the molecule is Cc1nn(Cc2ccc(F)cc2)c(C)c1NC(=O)/C=C\c1cnn(C)c1. The lowest BCUT2D eigenvalue weighted by Gasteiger charge is -2.06. The van der Waals surface area contributed by atoms with Crippen LogP contribution in [0.15, 0.2) is 42.7 Å². The van der Waals surface area contributed by atoms with E-state index in [4.69, 9.17) is 0 Å². The zero-order chi connectivity index (χ0) is 18.7. The first-order valence-electron chi connectivity index (χ1n) is 8.18. The molecular weight excluding hydrogens is 333 g/mol. The molecule has 7 heteroatoms. The molecular formula is C19H20FN5O. The van der Waals surface area contributed by atoms with Gasteiger partial charge >= 0.3 is 0 Å². The summed E-state index contributed by atoms with van der Waals surface area (Å²) < 4.78 is 16.5. The van der Waals surface area contributed by atoms with E-state index < -0.39 is 0 Å². The minimum absolute atomic E-state index is 0.235. The molecule has 3 rings (SSSR count). The number of anilines is 1. The summed E-state index contributed by atoms with van der Waals surface area (Å²) in [4.78, 5) is 12.2. The average molecular weight is 353 g/mol. The summed E-state index contributed by atoms with van der Waals surface area (Å²) in [5.41, 5.74) is 4.05. The van der Waals surface area contributed by atoms with Crippen molar-refractivity contribution in [1.82, 2.24) is 19.6 Å². The fourth-order valence-electron chi connectivity index (χ4n) is 2.66. The molecule has 0 fully saturated rings. The zero-order valence-corrected chi connectivity index (χ0v) is 14.9. The Balaban J connectivity index is 1.72. The van der Waals surface area contributed by atoms with Crippen molar-refractivity contribution < 1.29 is 9.18 Å². The molecule has 0 aliphatic carbocycles. The van der Waals surface area contributed by atoms with Gasteiger partial charge in [-0.25, -0.2) is 4.39 Å². The first kappa shape index (κ1) is 17.6. The maximum absolute atomic E-state index is 13.0. The number of hydrogen-bond donors (Lipinski definition) is 1. The second-order valence-electron chi connectivity index (χ2n) is 6.10. The average Bonchev–Trinajstić information content (AvgIpc) is 3.13. The molecule has 0 bridgehead atoms. The van der Waals surface area contributed by atoms with Gasteiger partial charge in [0, 0.05) is 24.9 Å². The highest BCUT2D eigenvalue weighted by molar-refractivity contribution is 6.02. The number of carbonyl (C=O) groups excluding carboxylic acids is 1. The molecule has 1 N–H and O–H groups in total. The number of nitrogens with zero attached hydrogens (tertiary/aromatic N) is 4. The van der Waals surface area contributed by atoms with Crippen molar-refractivity contribution in [3.8, 4) is 0 Å². The molecule has 0 spiro atoms. The fourth-order valence-corrected chi connectivity index (χ4v) is 2.66. The molecule has 0 radical (unpaired) electrons. The van der Waals surface area contributed by atoms with Crippen LogP contribution in [0.1, 0.15) is 22.5 Å². The highest BCUT2D eigenvalue weighted by Crippen LogP contribution is 2.20. The third kappa shape index (κ3) is 4.05. The Hall–Kier alpha value is -3.22. The van der Waals surface area contributed by atoms with Crippen LogP contribution in [-0.4, -0.2) is 25.5 Å². The van der Waals surface area contributed by atoms with Gasteiger partial charge in [-0.1, -0.05) is 12.1 Å². The lowest BCUT2D eigenvalue weighted by molar-refractivity contribution is -0.111. The Morgan fingerprint density at radius 3 is 2.65 bits per heavy atom. The molecule has 6 nitrogen and oxygen atoms in total. The summed E-state index contributed by atoms with van der Waals surface area (Å²) >= 11 is 0. The highest BCUT2D eigenvalue weighted by Gasteiger charge is 2.13. The van der Waals surface area contributed by atoms with Crippen LogP contribution in [0.5, 0.6) is 0 Å². The molecule has 26 heavy (non-hydrogen) atoms. The summed E-state index contributed by atoms with van der Waals surface area (Å²) in [5.74, 6) is -0.503. The summed E-state index contributed by atoms with van der Waals surface area (Å²) in [6.45, 7) is 4.24. The van der Waals surface area contributed by atoms with Crippen molar-refractivity contribution in [3.05, 3.63) is 71.1 Å². The van der Waals surface area contributed by atoms with Gasteiger partial charge in [0.05, 0.1) is 29.8 Å². The van der Waals surface area contributed by atoms with Gasteiger partial charge in [0.1, 0.15) is 5.82 Å². The molecule has 0 saturated carbocycles. The Labute approximate surface area is 151 Å². The molecule has 0 saturated heterocycles. The first-order chi connectivity index (χ1) is 12.4. The van der Waals surface area contributed by atoms with Crippen molar-refractivity contribution in [2.75, 3.05) is 5.32 Å². The van der Waals surface area contributed by atoms with Gasteiger partial charge in [0.2, 0.25) is 5.91 Å². The van der Waals surface area contributed by atoms with Crippen LogP contribution in [0.2, 0.25) is 0 Å². The summed E-state index contributed by atoms with van der Waals surface area (Å²) in [7, 11) is 1.82. The molecule has 2 aromatic heterocycles. The molecule has 0 aliphatic heterocycles. The fraction of sp³-hybridized carbons (Fsp3) is 0.211. The van der Waals surface area contributed by atoms with E-state index in [1.165, 1.54) is 18.2 Å². The van der Waals surface area contributed by atoms with E-state index in [1.807, 2.05) is 27.1 Å². The largest absolute Gasteiger partial charge is 0.319 e. The van der Waals surface area contributed by atoms with E-state index >= 15 is 0 Å². The van der Waals surface area contributed by atoms with E-state index in [2.05, 4.69) is 15.5 Å². The maximum atomic E-state index is 13.0. The van der Waals surface area contributed by atoms with Crippen molar-refractivity contribution in [2.45, 2.75) is 20.4 Å². The van der Waals surface area contributed by atoms with Gasteiger partial charge in [-0.3, -0.25) is 14.2 Å². The van der Waals surface area contributed by atoms with Crippen molar-refractivity contribution in [3.63, 3.8) is 0 Å². The molecule has 1 aromatic carbocycles.